The van der Waals surface area contributed by atoms with Crippen molar-refractivity contribution < 1.29 is 4.58 Å². The SMILES string of the molecule is CN(/N=C/C1CC=[N+](C)CC1)c1ccccc1. The fourth-order valence-corrected chi connectivity index (χ4v) is 1.93. The zero-order valence-corrected chi connectivity index (χ0v) is 10.6. The third kappa shape index (κ3) is 3.41. The van der Waals surface area contributed by atoms with E-state index in [1.807, 2.05) is 30.3 Å². The Morgan fingerprint density at radius 3 is 2.76 bits per heavy atom. The van der Waals surface area contributed by atoms with Gasteiger partial charge in [-0.2, -0.15) is 5.10 Å². The van der Waals surface area contributed by atoms with Crippen LogP contribution in [0, 0.1) is 5.92 Å². The van der Waals surface area contributed by atoms with Gasteiger partial charge in [0.15, 0.2) is 0 Å². The zero-order chi connectivity index (χ0) is 12.1. The molecule has 17 heavy (non-hydrogen) atoms. The van der Waals surface area contributed by atoms with Gasteiger partial charge in [-0.1, -0.05) is 18.2 Å². The van der Waals surface area contributed by atoms with Crippen molar-refractivity contribution in [2.45, 2.75) is 12.8 Å². The van der Waals surface area contributed by atoms with Crippen LogP contribution in [0.3, 0.4) is 0 Å². The second-order valence-electron chi connectivity index (χ2n) is 4.57. The van der Waals surface area contributed by atoms with E-state index in [0.717, 1.165) is 18.7 Å². The summed E-state index contributed by atoms with van der Waals surface area (Å²) in [6.45, 7) is 1.13. The van der Waals surface area contributed by atoms with Crippen LogP contribution in [0.2, 0.25) is 0 Å². The van der Waals surface area contributed by atoms with Crippen LogP contribution in [0.4, 0.5) is 5.69 Å². The van der Waals surface area contributed by atoms with Crippen LogP contribution in [-0.4, -0.2) is 37.6 Å². The van der Waals surface area contributed by atoms with Gasteiger partial charge >= 0.3 is 0 Å². The second kappa shape index (κ2) is 5.62. The fraction of sp³-hybridized carbons (Fsp3) is 0.429. The highest BCUT2D eigenvalue weighted by atomic mass is 15.4. The number of benzene rings is 1. The molecule has 0 N–H and O–H groups in total. The van der Waals surface area contributed by atoms with Crippen molar-refractivity contribution in [3.05, 3.63) is 30.3 Å². The Hall–Kier alpha value is -1.64. The van der Waals surface area contributed by atoms with Crippen molar-refractivity contribution in [3.8, 4) is 0 Å². The second-order valence-corrected chi connectivity index (χ2v) is 4.57. The maximum atomic E-state index is 4.51. The van der Waals surface area contributed by atoms with Crippen LogP contribution in [0.15, 0.2) is 35.4 Å². The number of para-hydroxylation sites is 1. The van der Waals surface area contributed by atoms with E-state index >= 15 is 0 Å². The number of hydrazone groups is 1. The van der Waals surface area contributed by atoms with Crippen LogP contribution in [0.1, 0.15) is 12.8 Å². The minimum absolute atomic E-state index is 0.581. The lowest BCUT2D eigenvalue weighted by atomic mass is 10.0. The van der Waals surface area contributed by atoms with Crippen LogP contribution in [0.25, 0.3) is 0 Å². The third-order valence-electron chi connectivity index (χ3n) is 3.15. The first-order valence-electron chi connectivity index (χ1n) is 6.12. The topological polar surface area (TPSA) is 18.6 Å². The lowest BCUT2D eigenvalue weighted by Gasteiger charge is -2.16. The van der Waals surface area contributed by atoms with Crippen molar-refractivity contribution in [2.75, 3.05) is 25.6 Å². The molecule has 1 atom stereocenters. The van der Waals surface area contributed by atoms with E-state index in [4.69, 9.17) is 0 Å². The quantitative estimate of drug-likeness (QED) is 0.442. The van der Waals surface area contributed by atoms with Gasteiger partial charge in [0.2, 0.25) is 0 Å². The summed E-state index contributed by atoms with van der Waals surface area (Å²) in [5.74, 6) is 0.581. The van der Waals surface area contributed by atoms with Gasteiger partial charge in [0, 0.05) is 32.0 Å². The summed E-state index contributed by atoms with van der Waals surface area (Å²) in [4.78, 5) is 0. The molecule has 0 aromatic heterocycles. The first-order chi connectivity index (χ1) is 8.25. The van der Waals surface area contributed by atoms with Crippen molar-refractivity contribution in [3.63, 3.8) is 0 Å². The summed E-state index contributed by atoms with van der Waals surface area (Å²) >= 11 is 0. The predicted molar refractivity (Wildman–Crippen MR) is 73.2 cm³/mol. The lowest BCUT2D eigenvalue weighted by Crippen LogP contribution is -2.22. The summed E-state index contributed by atoms with van der Waals surface area (Å²) in [5, 5.41) is 6.44. The molecule has 0 aliphatic carbocycles. The monoisotopic (exact) mass is 230 g/mol. The van der Waals surface area contributed by atoms with Crippen LogP contribution >= 0.6 is 0 Å². The summed E-state index contributed by atoms with van der Waals surface area (Å²) in [5.41, 5.74) is 1.13. The minimum atomic E-state index is 0.581. The molecule has 0 fully saturated rings. The smallest absolute Gasteiger partial charge is 0.142 e. The maximum Gasteiger partial charge on any atom is 0.142 e. The molecule has 1 heterocycles. The number of hydrogen-bond donors (Lipinski definition) is 0. The summed E-state index contributed by atoms with van der Waals surface area (Å²) in [6.07, 6.45) is 6.63. The molecule has 1 aromatic carbocycles. The Morgan fingerprint density at radius 1 is 1.35 bits per heavy atom. The molecule has 0 amide bonds. The first kappa shape index (κ1) is 11.8. The molecule has 0 radical (unpaired) electrons. The molecular weight excluding hydrogens is 210 g/mol. The van der Waals surface area contributed by atoms with E-state index in [-0.39, 0.29) is 0 Å². The Kier molecular flexibility index (Phi) is 3.91. The van der Waals surface area contributed by atoms with Crippen LogP contribution in [-0.2, 0) is 0 Å². The molecule has 1 aliphatic heterocycles. The average molecular weight is 230 g/mol. The van der Waals surface area contributed by atoms with Crippen molar-refractivity contribution in [1.82, 2.24) is 0 Å². The van der Waals surface area contributed by atoms with E-state index in [9.17, 15) is 0 Å². The van der Waals surface area contributed by atoms with Crippen molar-refractivity contribution >= 4 is 18.1 Å². The van der Waals surface area contributed by atoms with Crippen LogP contribution < -0.4 is 5.01 Å². The first-order valence-corrected chi connectivity index (χ1v) is 6.12. The van der Waals surface area contributed by atoms with Gasteiger partial charge in [0.05, 0.1) is 5.69 Å². The number of anilines is 1. The molecule has 0 spiro atoms. The van der Waals surface area contributed by atoms with Crippen LogP contribution in [0.5, 0.6) is 0 Å². The van der Waals surface area contributed by atoms with Gasteiger partial charge in [-0.05, 0) is 12.1 Å². The largest absolute Gasteiger partial charge is 0.269 e. The van der Waals surface area contributed by atoms with E-state index in [0.29, 0.717) is 5.92 Å². The summed E-state index contributed by atoms with van der Waals surface area (Å²) in [7, 11) is 4.12. The highest BCUT2D eigenvalue weighted by molar-refractivity contribution is 5.68. The predicted octanol–water partition coefficient (Wildman–Crippen LogP) is 2.23. The van der Waals surface area contributed by atoms with E-state index in [1.165, 1.54) is 6.42 Å². The zero-order valence-electron chi connectivity index (χ0n) is 10.6. The van der Waals surface area contributed by atoms with E-state index < -0.39 is 0 Å². The van der Waals surface area contributed by atoms with Crippen molar-refractivity contribution in [2.24, 2.45) is 11.0 Å². The standard InChI is InChI=1S/C14H20N3/c1-16-10-8-13(9-11-16)12-15-17(2)14-6-4-3-5-7-14/h3-7,10,12-13H,8-9,11H2,1-2H3/q+1/b15-12+. The molecule has 1 aromatic rings. The third-order valence-corrected chi connectivity index (χ3v) is 3.15. The molecule has 3 heteroatoms. The Labute approximate surface area is 103 Å². The number of hydrogen-bond acceptors (Lipinski definition) is 2. The molecule has 0 bridgehead atoms. The molecule has 0 saturated carbocycles. The van der Waals surface area contributed by atoms with Gasteiger partial charge in [0.25, 0.3) is 0 Å². The number of rotatable bonds is 3. The highest BCUT2D eigenvalue weighted by Gasteiger charge is 2.14. The summed E-state index contributed by atoms with van der Waals surface area (Å²) < 4.78 is 2.26. The average Bonchev–Trinajstić information content (AvgIpc) is 2.39. The number of nitrogens with zero attached hydrogens (tertiary/aromatic N) is 3. The van der Waals surface area contributed by atoms with Gasteiger partial charge in [-0.15, -0.1) is 0 Å². The Bertz CT molecular complexity index is 409. The molecule has 90 valence electrons. The van der Waals surface area contributed by atoms with Gasteiger partial charge in [-0.3, -0.25) is 5.01 Å². The van der Waals surface area contributed by atoms with Gasteiger partial charge in [0.1, 0.15) is 19.8 Å². The molecule has 1 aliphatic rings. The van der Waals surface area contributed by atoms with E-state index in [1.54, 1.807) is 0 Å². The highest BCUT2D eigenvalue weighted by Crippen LogP contribution is 2.13. The van der Waals surface area contributed by atoms with Gasteiger partial charge < -0.3 is 0 Å². The summed E-state index contributed by atoms with van der Waals surface area (Å²) in [6, 6.07) is 10.2. The lowest BCUT2D eigenvalue weighted by molar-refractivity contribution is -0.499. The van der Waals surface area contributed by atoms with E-state index in [2.05, 4.69) is 41.3 Å². The van der Waals surface area contributed by atoms with Gasteiger partial charge in [-0.25, -0.2) is 4.58 Å². The molecular formula is C14H20N3+. The molecule has 2 rings (SSSR count). The molecule has 3 nitrogen and oxygen atoms in total. The Morgan fingerprint density at radius 2 is 2.12 bits per heavy atom. The fourth-order valence-electron chi connectivity index (χ4n) is 1.93. The molecule has 0 saturated heterocycles. The molecule has 1 unspecified atom stereocenters. The van der Waals surface area contributed by atoms with Crippen molar-refractivity contribution in [1.29, 1.82) is 0 Å². The normalized spacial score (nSPS) is 20.4. The Balaban J connectivity index is 1.93. The minimum Gasteiger partial charge on any atom is -0.269 e. The maximum absolute atomic E-state index is 4.51.